The highest BCUT2D eigenvalue weighted by atomic mass is 16.6. The molecule has 1 aromatic heterocycles. The predicted octanol–water partition coefficient (Wildman–Crippen LogP) is -1.06. The largest absolute Gasteiger partial charge is 0.468 e. The van der Waals surface area contributed by atoms with E-state index in [4.69, 9.17) is 14.2 Å². The summed E-state index contributed by atoms with van der Waals surface area (Å²) in [4.78, 5) is 75.9. The Labute approximate surface area is 231 Å². The van der Waals surface area contributed by atoms with E-state index in [1.54, 1.807) is 13.8 Å². The molecule has 1 aromatic rings. The lowest BCUT2D eigenvalue weighted by molar-refractivity contribution is -0.162. The standard InChI is InChI=1S/C25H41N3O12/c1-8-24(4,5)39-15-17(30)14-38-19(32)12-27-21(34)26(11-18(31)37-7)22(35)28(23(27)36)13-20(33)40-25(6,9-2)10-16(3)29/h16-17,29-30H,8-15H2,1-7H3. The van der Waals surface area contributed by atoms with Gasteiger partial charge in [-0.2, -0.15) is 0 Å². The van der Waals surface area contributed by atoms with Crippen molar-refractivity contribution in [2.24, 2.45) is 0 Å². The van der Waals surface area contributed by atoms with Gasteiger partial charge in [0.25, 0.3) is 0 Å². The van der Waals surface area contributed by atoms with Crippen LogP contribution in [0.1, 0.15) is 60.8 Å². The molecule has 3 atom stereocenters. The Hall–Kier alpha value is -3.30. The second-order valence-corrected chi connectivity index (χ2v) is 10.3. The summed E-state index contributed by atoms with van der Waals surface area (Å²) in [7, 11) is 1.01. The third kappa shape index (κ3) is 10.4. The van der Waals surface area contributed by atoms with Crippen LogP contribution < -0.4 is 17.1 Å². The van der Waals surface area contributed by atoms with Gasteiger partial charge >= 0.3 is 35.0 Å². The molecule has 228 valence electrons. The van der Waals surface area contributed by atoms with E-state index in [1.165, 1.54) is 6.92 Å². The summed E-state index contributed by atoms with van der Waals surface area (Å²) in [5, 5.41) is 19.8. The number of aliphatic hydroxyl groups excluding tert-OH is 2. The topological polar surface area (TPSA) is 195 Å². The normalized spacial score (nSPS) is 14.6. The van der Waals surface area contributed by atoms with Crippen LogP contribution in [0.4, 0.5) is 0 Å². The van der Waals surface area contributed by atoms with Crippen molar-refractivity contribution >= 4 is 17.9 Å². The number of nitrogens with zero attached hydrogens (tertiary/aromatic N) is 3. The minimum absolute atomic E-state index is 0.0783. The minimum Gasteiger partial charge on any atom is -0.468 e. The first-order valence-corrected chi connectivity index (χ1v) is 12.9. The molecule has 2 N–H and O–H groups in total. The molecular formula is C25H41N3O12. The highest BCUT2D eigenvalue weighted by Crippen LogP contribution is 2.22. The number of aliphatic hydroxyl groups is 2. The van der Waals surface area contributed by atoms with E-state index < -0.39 is 84.6 Å². The zero-order valence-corrected chi connectivity index (χ0v) is 24.1. The molecule has 0 aliphatic rings. The number of hydrogen-bond donors (Lipinski definition) is 2. The number of hydrogen-bond acceptors (Lipinski definition) is 12. The van der Waals surface area contributed by atoms with Gasteiger partial charge in [0.2, 0.25) is 0 Å². The maximum atomic E-state index is 13.1. The fraction of sp³-hybridized carbons (Fsp3) is 0.760. The van der Waals surface area contributed by atoms with E-state index in [-0.39, 0.29) is 13.0 Å². The van der Waals surface area contributed by atoms with Gasteiger partial charge in [0, 0.05) is 6.42 Å². The number of methoxy groups -OCH3 is 1. The maximum absolute atomic E-state index is 13.1. The van der Waals surface area contributed by atoms with Gasteiger partial charge in [0.05, 0.1) is 25.4 Å². The summed E-state index contributed by atoms with van der Waals surface area (Å²) < 4.78 is 21.4. The average Bonchev–Trinajstić information content (AvgIpc) is 2.88. The number of carbonyl (C=O) groups is 3. The monoisotopic (exact) mass is 575 g/mol. The van der Waals surface area contributed by atoms with Crippen LogP contribution in [0.3, 0.4) is 0 Å². The van der Waals surface area contributed by atoms with Crippen LogP contribution >= 0.6 is 0 Å². The molecule has 1 heterocycles. The van der Waals surface area contributed by atoms with Crippen molar-refractivity contribution in [3.05, 3.63) is 31.5 Å². The third-order valence-corrected chi connectivity index (χ3v) is 6.26. The maximum Gasteiger partial charge on any atom is 0.337 e. The Bertz CT molecular complexity index is 1210. The van der Waals surface area contributed by atoms with Crippen molar-refractivity contribution in [3.63, 3.8) is 0 Å². The van der Waals surface area contributed by atoms with E-state index in [0.717, 1.165) is 7.11 Å². The van der Waals surface area contributed by atoms with Crippen LogP contribution in [0.5, 0.6) is 0 Å². The van der Waals surface area contributed by atoms with Gasteiger partial charge in [0.1, 0.15) is 37.9 Å². The first kappa shape index (κ1) is 34.7. The molecule has 0 radical (unpaired) electrons. The SMILES string of the molecule is CCC(C)(C)OCC(O)COC(=O)Cn1c(=O)n(CC(=O)OC)c(=O)n(CC(=O)OC(C)(CC)CC(C)O)c1=O. The zero-order chi connectivity index (χ0) is 30.8. The Morgan fingerprint density at radius 2 is 1.27 bits per heavy atom. The molecule has 3 unspecified atom stereocenters. The van der Waals surface area contributed by atoms with E-state index in [0.29, 0.717) is 26.5 Å². The fourth-order valence-corrected chi connectivity index (χ4v) is 3.44. The van der Waals surface area contributed by atoms with Crippen molar-refractivity contribution < 1.29 is 43.5 Å². The Balaban J connectivity index is 3.27. The van der Waals surface area contributed by atoms with Crippen LogP contribution in [0.25, 0.3) is 0 Å². The minimum atomic E-state index is -1.33. The zero-order valence-electron chi connectivity index (χ0n) is 24.1. The smallest absolute Gasteiger partial charge is 0.337 e. The molecule has 0 aliphatic carbocycles. The number of ether oxygens (including phenoxy) is 4. The van der Waals surface area contributed by atoms with Gasteiger partial charge in [-0.1, -0.05) is 13.8 Å². The lowest BCUT2D eigenvalue weighted by Gasteiger charge is -2.29. The molecule has 1 rings (SSSR count). The quantitative estimate of drug-likeness (QED) is 0.179. The summed E-state index contributed by atoms with van der Waals surface area (Å²) in [6, 6.07) is 0. The Kier molecular flexibility index (Phi) is 12.9. The second kappa shape index (κ2) is 14.9. The summed E-state index contributed by atoms with van der Waals surface area (Å²) in [6.07, 6.45) is -0.950. The summed E-state index contributed by atoms with van der Waals surface area (Å²) >= 11 is 0. The molecule has 15 nitrogen and oxygen atoms in total. The number of esters is 3. The average molecular weight is 576 g/mol. The van der Waals surface area contributed by atoms with E-state index >= 15 is 0 Å². The molecule has 0 spiro atoms. The van der Waals surface area contributed by atoms with Crippen molar-refractivity contribution in [3.8, 4) is 0 Å². The summed E-state index contributed by atoms with van der Waals surface area (Å²) in [6.45, 7) is 6.82. The Morgan fingerprint density at radius 3 is 1.70 bits per heavy atom. The van der Waals surface area contributed by atoms with Gasteiger partial charge in [0.15, 0.2) is 0 Å². The Morgan fingerprint density at radius 1 is 0.800 bits per heavy atom. The van der Waals surface area contributed by atoms with E-state index in [2.05, 4.69) is 4.74 Å². The van der Waals surface area contributed by atoms with Crippen LogP contribution in [-0.4, -0.2) is 85.6 Å². The van der Waals surface area contributed by atoms with Crippen molar-refractivity contribution in [1.82, 2.24) is 13.7 Å². The van der Waals surface area contributed by atoms with Gasteiger partial charge < -0.3 is 29.2 Å². The van der Waals surface area contributed by atoms with Crippen molar-refractivity contribution in [2.45, 2.75) is 104 Å². The van der Waals surface area contributed by atoms with Gasteiger partial charge in [-0.3, -0.25) is 14.4 Å². The fourth-order valence-electron chi connectivity index (χ4n) is 3.44. The van der Waals surface area contributed by atoms with Crippen LogP contribution in [0, 0.1) is 0 Å². The molecular weight excluding hydrogens is 534 g/mol. The molecule has 40 heavy (non-hydrogen) atoms. The number of carbonyl (C=O) groups excluding carboxylic acids is 3. The van der Waals surface area contributed by atoms with Crippen LogP contribution in [-0.2, 0) is 53.0 Å². The molecule has 0 fully saturated rings. The van der Waals surface area contributed by atoms with Crippen LogP contribution in [0.2, 0.25) is 0 Å². The molecule has 0 aliphatic heterocycles. The van der Waals surface area contributed by atoms with Crippen molar-refractivity contribution in [1.29, 1.82) is 0 Å². The molecule has 0 aromatic carbocycles. The molecule has 15 heteroatoms. The molecule has 0 saturated carbocycles. The number of aromatic nitrogens is 3. The summed E-state index contributed by atoms with van der Waals surface area (Å²) in [5.41, 5.74) is -5.57. The van der Waals surface area contributed by atoms with Crippen molar-refractivity contribution in [2.75, 3.05) is 20.3 Å². The highest BCUT2D eigenvalue weighted by Gasteiger charge is 2.30. The lowest BCUT2D eigenvalue weighted by Crippen LogP contribution is -2.56. The van der Waals surface area contributed by atoms with E-state index in [9.17, 15) is 39.0 Å². The van der Waals surface area contributed by atoms with Gasteiger partial charge in [-0.15, -0.1) is 0 Å². The molecule has 0 amide bonds. The predicted molar refractivity (Wildman–Crippen MR) is 140 cm³/mol. The third-order valence-electron chi connectivity index (χ3n) is 6.26. The first-order valence-electron chi connectivity index (χ1n) is 12.9. The summed E-state index contributed by atoms with van der Waals surface area (Å²) in [5.74, 6) is -3.14. The first-order chi connectivity index (χ1) is 18.5. The lowest BCUT2D eigenvalue weighted by atomic mass is 9.96. The molecule has 0 saturated heterocycles. The van der Waals surface area contributed by atoms with Gasteiger partial charge in [-0.05, 0) is 40.5 Å². The van der Waals surface area contributed by atoms with Gasteiger partial charge in [-0.25, -0.2) is 28.1 Å². The number of rotatable bonds is 16. The van der Waals surface area contributed by atoms with Crippen LogP contribution in [0.15, 0.2) is 14.4 Å². The highest BCUT2D eigenvalue weighted by molar-refractivity contribution is 5.70. The van der Waals surface area contributed by atoms with E-state index in [1.807, 2.05) is 20.8 Å². The second-order valence-electron chi connectivity index (χ2n) is 10.3. The molecule has 0 bridgehead atoms.